The van der Waals surface area contributed by atoms with E-state index < -0.39 is 0 Å². The number of furan rings is 1. The minimum absolute atomic E-state index is 0.125. The van der Waals surface area contributed by atoms with E-state index in [0.29, 0.717) is 0 Å². The number of benzene rings is 3. The van der Waals surface area contributed by atoms with Crippen LogP contribution < -0.4 is 5.32 Å². The summed E-state index contributed by atoms with van der Waals surface area (Å²) in [6.45, 7) is 10.6. The van der Waals surface area contributed by atoms with Crippen LogP contribution in [0.25, 0.3) is 38.8 Å². The number of hydrogen-bond acceptors (Lipinski definition) is 3. The molecule has 0 saturated heterocycles. The summed E-state index contributed by atoms with van der Waals surface area (Å²) in [6, 6.07) is 27.1. The quantitative estimate of drug-likeness (QED) is 0.242. The highest BCUT2D eigenvalue weighted by molar-refractivity contribution is 6.08. The van der Waals surface area contributed by atoms with Crippen molar-refractivity contribution in [3.8, 4) is 11.3 Å². The number of nitrogens with zero attached hydrogens (tertiary/aromatic N) is 1. The molecule has 1 atom stereocenters. The fourth-order valence-corrected chi connectivity index (χ4v) is 4.45. The van der Waals surface area contributed by atoms with Crippen molar-refractivity contribution in [2.75, 3.05) is 0 Å². The number of aromatic nitrogens is 1. The zero-order valence-electron chi connectivity index (χ0n) is 21.0. The Morgan fingerprint density at radius 2 is 1.69 bits per heavy atom. The van der Waals surface area contributed by atoms with Crippen LogP contribution in [-0.2, 0) is 0 Å². The van der Waals surface area contributed by atoms with E-state index in [4.69, 9.17) is 4.42 Å². The van der Waals surface area contributed by atoms with Crippen molar-refractivity contribution < 1.29 is 4.42 Å². The maximum atomic E-state index is 6.17. The Hall–Kier alpha value is -4.37. The Bertz CT molecular complexity index is 1600. The second kappa shape index (κ2) is 10.1. The second-order valence-corrected chi connectivity index (χ2v) is 9.22. The highest BCUT2D eigenvalue weighted by Gasteiger charge is 2.12. The molecule has 1 N–H and O–H groups in total. The van der Waals surface area contributed by atoms with Crippen molar-refractivity contribution in [2.24, 2.45) is 0 Å². The Labute approximate surface area is 212 Å². The fourth-order valence-electron chi connectivity index (χ4n) is 4.45. The van der Waals surface area contributed by atoms with Crippen molar-refractivity contribution in [1.29, 1.82) is 0 Å². The second-order valence-electron chi connectivity index (χ2n) is 9.22. The van der Waals surface area contributed by atoms with Crippen LogP contribution in [0.5, 0.6) is 0 Å². The molecule has 3 nitrogen and oxygen atoms in total. The molecule has 2 aromatic heterocycles. The first-order valence-corrected chi connectivity index (χ1v) is 12.2. The summed E-state index contributed by atoms with van der Waals surface area (Å²) in [5.41, 5.74) is 9.30. The molecule has 0 saturated carbocycles. The maximum absolute atomic E-state index is 6.17. The van der Waals surface area contributed by atoms with E-state index in [2.05, 4.69) is 111 Å². The molecule has 0 aliphatic rings. The molecule has 0 aliphatic heterocycles. The standard InChI is InChI=1S/C33H30N2O/c1-22(20-34-25(4)27-10-5-6-11-28(27)31-19-17-23(2)21-35-31)16-18-24(3)26-13-9-14-30-29-12-7-8-15-32(29)36-33(26)30/h5-21,25,34H,3H2,1-2,4H3/b18-16-,22-20-/t25-/m1/s1. The fraction of sp³-hybridized carbons (Fsp3) is 0.121. The van der Waals surface area contributed by atoms with Crippen LogP contribution >= 0.6 is 0 Å². The molecular formula is C33H30N2O. The van der Waals surface area contributed by atoms with Crippen LogP contribution in [0.15, 0.2) is 120 Å². The van der Waals surface area contributed by atoms with E-state index in [9.17, 15) is 0 Å². The Morgan fingerprint density at radius 3 is 2.53 bits per heavy atom. The van der Waals surface area contributed by atoms with Gasteiger partial charge in [0.2, 0.25) is 0 Å². The molecule has 3 aromatic carbocycles. The number of nitrogens with one attached hydrogen (secondary N) is 1. The number of hydrogen-bond donors (Lipinski definition) is 1. The number of rotatable bonds is 7. The lowest BCUT2D eigenvalue weighted by Gasteiger charge is -2.17. The number of allylic oxidation sites excluding steroid dienone is 4. The zero-order valence-corrected chi connectivity index (χ0v) is 21.0. The summed E-state index contributed by atoms with van der Waals surface area (Å²) in [5.74, 6) is 0. The first-order valence-electron chi connectivity index (χ1n) is 12.2. The van der Waals surface area contributed by atoms with Gasteiger partial charge in [0, 0.05) is 34.1 Å². The molecule has 3 heteroatoms. The van der Waals surface area contributed by atoms with Crippen molar-refractivity contribution in [3.63, 3.8) is 0 Å². The first kappa shape index (κ1) is 23.4. The molecule has 0 spiro atoms. The summed E-state index contributed by atoms with van der Waals surface area (Å²) in [5, 5.41) is 5.78. The lowest BCUT2D eigenvalue weighted by atomic mass is 9.98. The monoisotopic (exact) mass is 470 g/mol. The van der Waals surface area contributed by atoms with E-state index in [0.717, 1.165) is 55.5 Å². The van der Waals surface area contributed by atoms with Crippen LogP contribution in [0.3, 0.4) is 0 Å². The molecule has 0 unspecified atom stereocenters. The molecule has 178 valence electrons. The van der Waals surface area contributed by atoms with E-state index in [1.54, 1.807) is 0 Å². The number of pyridine rings is 1. The van der Waals surface area contributed by atoms with Crippen LogP contribution in [-0.4, -0.2) is 4.98 Å². The van der Waals surface area contributed by atoms with E-state index in [1.807, 2.05) is 30.5 Å². The van der Waals surface area contributed by atoms with Crippen molar-refractivity contribution in [1.82, 2.24) is 10.3 Å². The smallest absolute Gasteiger partial charge is 0.143 e. The van der Waals surface area contributed by atoms with Crippen molar-refractivity contribution in [3.05, 3.63) is 132 Å². The minimum atomic E-state index is 0.125. The molecule has 36 heavy (non-hydrogen) atoms. The lowest BCUT2D eigenvalue weighted by Crippen LogP contribution is -2.13. The van der Waals surface area contributed by atoms with Gasteiger partial charge >= 0.3 is 0 Å². The number of aryl methyl sites for hydroxylation is 1. The Kier molecular flexibility index (Phi) is 6.55. The lowest BCUT2D eigenvalue weighted by molar-refractivity contribution is 0.668. The summed E-state index contributed by atoms with van der Waals surface area (Å²) < 4.78 is 6.17. The van der Waals surface area contributed by atoms with Crippen LogP contribution in [0, 0.1) is 6.92 Å². The molecule has 2 heterocycles. The average Bonchev–Trinajstić information content (AvgIpc) is 3.30. The van der Waals surface area contributed by atoms with Crippen LogP contribution in [0.4, 0.5) is 0 Å². The highest BCUT2D eigenvalue weighted by Crippen LogP contribution is 2.33. The predicted molar refractivity (Wildman–Crippen MR) is 152 cm³/mol. The summed E-state index contributed by atoms with van der Waals surface area (Å²) in [4.78, 5) is 4.63. The van der Waals surface area contributed by atoms with E-state index in [-0.39, 0.29) is 6.04 Å². The van der Waals surface area contributed by atoms with Gasteiger partial charge in [0.1, 0.15) is 11.2 Å². The third-order valence-electron chi connectivity index (χ3n) is 6.47. The molecule has 5 rings (SSSR count). The largest absolute Gasteiger partial charge is 0.455 e. The van der Waals surface area contributed by atoms with Crippen molar-refractivity contribution >= 4 is 27.5 Å². The molecule has 0 amide bonds. The minimum Gasteiger partial charge on any atom is -0.455 e. The normalized spacial score (nSPS) is 12.9. The van der Waals surface area contributed by atoms with Gasteiger partial charge in [-0.1, -0.05) is 85.5 Å². The first-order chi connectivity index (χ1) is 17.5. The third-order valence-corrected chi connectivity index (χ3v) is 6.47. The SMILES string of the molecule is C=C(/C=C\C(C)=C/N[C@H](C)c1ccccc1-c1ccc(C)cn1)c1cccc2c1oc1ccccc12. The topological polar surface area (TPSA) is 38.1 Å². The Morgan fingerprint density at radius 1 is 0.917 bits per heavy atom. The average molecular weight is 471 g/mol. The van der Waals surface area contributed by atoms with Gasteiger partial charge in [-0.05, 0) is 61.4 Å². The highest BCUT2D eigenvalue weighted by atomic mass is 16.3. The van der Waals surface area contributed by atoms with Crippen LogP contribution in [0.2, 0.25) is 0 Å². The van der Waals surface area contributed by atoms with Gasteiger partial charge in [-0.25, -0.2) is 0 Å². The van der Waals surface area contributed by atoms with Gasteiger partial charge in [-0.2, -0.15) is 0 Å². The molecule has 0 aliphatic carbocycles. The van der Waals surface area contributed by atoms with Gasteiger partial charge in [0.25, 0.3) is 0 Å². The Balaban J connectivity index is 1.32. The van der Waals surface area contributed by atoms with Crippen molar-refractivity contribution in [2.45, 2.75) is 26.8 Å². The molecular weight excluding hydrogens is 440 g/mol. The van der Waals surface area contributed by atoms with Gasteiger partial charge in [0.15, 0.2) is 0 Å². The third kappa shape index (κ3) is 4.73. The number of para-hydroxylation sites is 2. The summed E-state index contributed by atoms with van der Waals surface area (Å²) >= 11 is 0. The van der Waals surface area contributed by atoms with Gasteiger partial charge in [0.05, 0.1) is 5.69 Å². The molecule has 0 fully saturated rings. The van der Waals surface area contributed by atoms with Crippen LogP contribution in [0.1, 0.15) is 36.6 Å². The van der Waals surface area contributed by atoms with Gasteiger partial charge in [-0.15, -0.1) is 0 Å². The van der Waals surface area contributed by atoms with Gasteiger partial charge < -0.3 is 9.73 Å². The molecule has 5 aromatic rings. The number of fused-ring (bicyclic) bond motifs is 3. The summed E-state index contributed by atoms with van der Waals surface area (Å²) in [7, 11) is 0. The molecule has 0 radical (unpaired) electrons. The summed E-state index contributed by atoms with van der Waals surface area (Å²) in [6.07, 6.45) is 8.09. The predicted octanol–water partition coefficient (Wildman–Crippen LogP) is 8.78. The van der Waals surface area contributed by atoms with E-state index in [1.165, 1.54) is 5.56 Å². The van der Waals surface area contributed by atoms with Gasteiger partial charge in [-0.3, -0.25) is 4.98 Å². The maximum Gasteiger partial charge on any atom is 0.143 e. The zero-order chi connectivity index (χ0) is 25.1. The molecule has 0 bridgehead atoms. The van der Waals surface area contributed by atoms with E-state index >= 15 is 0 Å².